The third kappa shape index (κ3) is 4.78. The number of anilines is 1. The topological polar surface area (TPSA) is 81.5 Å². The van der Waals surface area contributed by atoms with E-state index in [2.05, 4.69) is 15.4 Å². The number of benzene rings is 1. The molecule has 1 aromatic carbocycles. The minimum Gasteiger partial charge on any atom is -0.490 e. The number of ether oxygens (including phenoxy) is 2. The lowest BCUT2D eigenvalue weighted by atomic mass is 9.85. The fourth-order valence-electron chi connectivity index (χ4n) is 4.49. The predicted molar refractivity (Wildman–Crippen MR) is 114 cm³/mol. The molecule has 2 aliphatic rings. The molecule has 1 saturated heterocycles. The highest BCUT2D eigenvalue weighted by molar-refractivity contribution is 5.78. The van der Waals surface area contributed by atoms with E-state index in [9.17, 15) is 13.6 Å². The summed E-state index contributed by atoms with van der Waals surface area (Å²) in [6, 6.07) is 4.53. The highest BCUT2D eigenvalue weighted by atomic mass is 19.3. The summed E-state index contributed by atoms with van der Waals surface area (Å²) < 4.78 is 39.7. The Morgan fingerprint density at radius 1 is 1.25 bits per heavy atom. The number of aromatic nitrogens is 3. The molecular formula is C22H29F2N5O3. The van der Waals surface area contributed by atoms with Gasteiger partial charge in [-0.25, -0.2) is 13.5 Å². The first-order chi connectivity index (χ1) is 15.5. The molecule has 0 spiro atoms. The van der Waals surface area contributed by atoms with E-state index >= 15 is 0 Å². The maximum Gasteiger partial charge on any atom is 0.260 e. The van der Waals surface area contributed by atoms with Crippen molar-refractivity contribution in [3.8, 4) is 11.5 Å². The Kier molecular flexibility index (Phi) is 6.76. The first kappa shape index (κ1) is 22.3. The standard InChI is InChI=1S/C22H29F2N5O3/c1-3-31-19-10-14(2)4-5-18(19)32-12-20(30)28-8-6-15(7-9-28)16-11-17(21(23)24)29-22(27-16)25-13-26-29/h4-5,10,13,15-17,21H,3,6-9,11-12H2,1-2H3,(H,25,26,27)/t16-,17+/m0/s1. The predicted octanol–water partition coefficient (Wildman–Crippen LogP) is 3.29. The molecule has 10 heteroatoms. The van der Waals surface area contributed by atoms with E-state index in [1.807, 2.05) is 32.0 Å². The van der Waals surface area contributed by atoms with E-state index in [4.69, 9.17) is 9.47 Å². The van der Waals surface area contributed by atoms with Crippen molar-refractivity contribution < 1.29 is 23.0 Å². The summed E-state index contributed by atoms with van der Waals surface area (Å²) in [7, 11) is 0. The van der Waals surface area contributed by atoms with Gasteiger partial charge in [0.05, 0.1) is 6.61 Å². The lowest BCUT2D eigenvalue weighted by Crippen LogP contribution is -2.47. The molecule has 174 valence electrons. The molecule has 0 saturated carbocycles. The van der Waals surface area contributed by atoms with Crippen molar-refractivity contribution in [1.82, 2.24) is 19.7 Å². The van der Waals surface area contributed by atoms with Crippen LogP contribution in [0.4, 0.5) is 14.7 Å². The summed E-state index contributed by atoms with van der Waals surface area (Å²) >= 11 is 0. The summed E-state index contributed by atoms with van der Waals surface area (Å²) in [5, 5.41) is 7.19. The van der Waals surface area contributed by atoms with Gasteiger partial charge in [0, 0.05) is 19.1 Å². The van der Waals surface area contributed by atoms with Gasteiger partial charge >= 0.3 is 0 Å². The van der Waals surface area contributed by atoms with Crippen LogP contribution in [0.15, 0.2) is 24.5 Å². The van der Waals surface area contributed by atoms with E-state index in [1.165, 1.54) is 11.0 Å². The summed E-state index contributed by atoms with van der Waals surface area (Å²) in [6.07, 6.45) is 0.572. The Hall–Kier alpha value is -2.91. The summed E-state index contributed by atoms with van der Waals surface area (Å²) in [5.74, 6) is 1.67. The van der Waals surface area contributed by atoms with Crippen LogP contribution in [-0.2, 0) is 4.79 Å². The normalized spacial score (nSPS) is 21.2. The molecule has 1 amide bonds. The smallest absolute Gasteiger partial charge is 0.260 e. The Balaban J connectivity index is 1.30. The largest absolute Gasteiger partial charge is 0.490 e. The molecule has 0 bridgehead atoms. The van der Waals surface area contributed by atoms with Gasteiger partial charge in [-0.3, -0.25) is 4.79 Å². The van der Waals surface area contributed by atoms with Crippen LogP contribution in [0.3, 0.4) is 0 Å². The second kappa shape index (κ2) is 9.70. The van der Waals surface area contributed by atoms with E-state index in [1.54, 1.807) is 4.90 Å². The summed E-state index contributed by atoms with van der Waals surface area (Å²) in [4.78, 5) is 18.5. The van der Waals surface area contributed by atoms with Crippen molar-refractivity contribution in [3.63, 3.8) is 0 Å². The van der Waals surface area contributed by atoms with Crippen molar-refractivity contribution in [3.05, 3.63) is 30.1 Å². The lowest BCUT2D eigenvalue weighted by Gasteiger charge is -2.39. The zero-order valence-electron chi connectivity index (χ0n) is 18.3. The highest BCUT2D eigenvalue weighted by Gasteiger charge is 2.38. The number of halogens is 2. The lowest BCUT2D eigenvalue weighted by molar-refractivity contribution is -0.134. The molecule has 1 N–H and O–H groups in total. The molecule has 4 rings (SSSR count). The second-order valence-corrected chi connectivity index (χ2v) is 8.31. The van der Waals surface area contributed by atoms with Crippen LogP contribution in [0.25, 0.3) is 0 Å². The number of aryl methyl sites for hydroxylation is 1. The monoisotopic (exact) mass is 449 g/mol. The maximum absolute atomic E-state index is 13.5. The van der Waals surface area contributed by atoms with Crippen molar-refractivity contribution in [1.29, 1.82) is 0 Å². The summed E-state index contributed by atoms with van der Waals surface area (Å²) in [6.45, 7) is 5.46. The molecule has 8 nitrogen and oxygen atoms in total. The third-order valence-corrected chi connectivity index (χ3v) is 6.20. The number of nitrogens with one attached hydrogen (secondary N) is 1. The van der Waals surface area contributed by atoms with E-state index in [0.29, 0.717) is 43.6 Å². The van der Waals surface area contributed by atoms with Crippen molar-refractivity contribution in [2.75, 3.05) is 31.6 Å². The third-order valence-electron chi connectivity index (χ3n) is 6.20. The Labute approximate surface area is 185 Å². The van der Waals surface area contributed by atoms with Gasteiger partial charge in [-0.15, -0.1) is 0 Å². The molecule has 2 aliphatic heterocycles. The number of likely N-dealkylation sites (tertiary alicyclic amines) is 1. The zero-order chi connectivity index (χ0) is 22.7. The van der Waals surface area contributed by atoms with E-state index < -0.39 is 12.5 Å². The Bertz CT molecular complexity index is 930. The van der Waals surface area contributed by atoms with Gasteiger partial charge in [0.1, 0.15) is 12.4 Å². The van der Waals surface area contributed by atoms with Gasteiger partial charge in [-0.05, 0) is 56.7 Å². The molecule has 0 aliphatic carbocycles. The Morgan fingerprint density at radius 3 is 2.75 bits per heavy atom. The number of alkyl halides is 2. The fraction of sp³-hybridized carbons (Fsp3) is 0.591. The Morgan fingerprint density at radius 2 is 2.03 bits per heavy atom. The van der Waals surface area contributed by atoms with Gasteiger partial charge in [0.15, 0.2) is 18.1 Å². The highest BCUT2D eigenvalue weighted by Crippen LogP contribution is 2.35. The number of fused-ring (bicyclic) bond motifs is 1. The number of carbonyl (C=O) groups excluding carboxylic acids is 1. The fourth-order valence-corrected chi connectivity index (χ4v) is 4.49. The van der Waals surface area contributed by atoms with Gasteiger partial charge in [0.25, 0.3) is 12.3 Å². The van der Waals surface area contributed by atoms with Crippen LogP contribution in [0.2, 0.25) is 0 Å². The molecule has 2 atom stereocenters. The van der Waals surface area contributed by atoms with Crippen molar-refractivity contribution in [2.24, 2.45) is 5.92 Å². The number of hydrogen-bond donors (Lipinski definition) is 1. The quantitative estimate of drug-likeness (QED) is 0.699. The van der Waals surface area contributed by atoms with Crippen LogP contribution in [0.1, 0.15) is 37.8 Å². The molecule has 0 radical (unpaired) electrons. The molecule has 3 heterocycles. The van der Waals surface area contributed by atoms with Crippen LogP contribution < -0.4 is 14.8 Å². The number of piperidine rings is 1. The zero-order valence-corrected chi connectivity index (χ0v) is 18.3. The number of carbonyl (C=O) groups is 1. The van der Waals surface area contributed by atoms with Crippen molar-refractivity contribution in [2.45, 2.75) is 51.6 Å². The molecule has 1 aromatic heterocycles. The number of amides is 1. The molecule has 32 heavy (non-hydrogen) atoms. The van der Waals surface area contributed by atoms with Gasteiger partial charge in [0.2, 0.25) is 5.95 Å². The van der Waals surface area contributed by atoms with Gasteiger partial charge in [-0.1, -0.05) is 6.07 Å². The van der Waals surface area contributed by atoms with Crippen LogP contribution in [0.5, 0.6) is 11.5 Å². The number of rotatable bonds is 7. The average Bonchev–Trinajstić information content (AvgIpc) is 3.26. The first-order valence-electron chi connectivity index (χ1n) is 11.0. The van der Waals surface area contributed by atoms with Crippen LogP contribution in [-0.4, -0.2) is 64.3 Å². The molecular weight excluding hydrogens is 420 g/mol. The van der Waals surface area contributed by atoms with Crippen LogP contribution in [0, 0.1) is 12.8 Å². The molecule has 0 unspecified atom stereocenters. The van der Waals surface area contributed by atoms with Crippen LogP contribution >= 0.6 is 0 Å². The SMILES string of the molecule is CCOc1cc(C)ccc1OCC(=O)N1CCC([C@@H]2C[C@H](C(F)F)n3ncnc3N2)CC1. The maximum atomic E-state index is 13.5. The number of hydrogen-bond acceptors (Lipinski definition) is 6. The average molecular weight is 450 g/mol. The van der Waals surface area contributed by atoms with Crippen molar-refractivity contribution >= 4 is 11.9 Å². The minimum atomic E-state index is -2.50. The molecule has 2 aromatic rings. The second-order valence-electron chi connectivity index (χ2n) is 8.31. The first-order valence-corrected chi connectivity index (χ1v) is 11.0. The van der Waals surface area contributed by atoms with Gasteiger partial charge in [-0.2, -0.15) is 10.1 Å². The van der Waals surface area contributed by atoms with E-state index in [0.717, 1.165) is 18.4 Å². The minimum absolute atomic E-state index is 0.0635. The van der Waals surface area contributed by atoms with E-state index in [-0.39, 0.29) is 24.5 Å². The number of nitrogens with zero attached hydrogens (tertiary/aromatic N) is 4. The summed E-state index contributed by atoms with van der Waals surface area (Å²) in [5.41, 5.74) is 1.05. The molecule has 1 fully saturated rings. The van der Waals surface area contributed by atoms with Gasteiger partial charge < -0.3 is 19.7 Å².